The number of imidazole rings is 1. The molecule has 4 amide bonds. The van der Waals surface area contributed by atoms with Gasteiger partial charge in [0, 0.05) is 18.3 Å². The van der Waals surface area contributed by atoms with Gasteiger partial charge in [-0.1, -0.05) is 38.5 Å². The Morgan fingerprint density at radius 3 is 2.46 bits per heavy atom. The molecule has 1 aliphatic rings. The van der Waals surface area contributed by atoms with Gasteiger partial charge in [-0.2, -0.15) is 5.26 Å². The molecule has 0 spiro atoms. The summed E-state index contributed by atoms with van der Waals surface area (Å²) in [5.41, 5.74) is 7.84. The van der Waals surface area contributed by atoms with E-state index in [1.807, 2.05) is 55.8 Å². The lowest BCUT2D eigenvalue weighted by molar-refractivity contribution is -0.127. The maximum atomic E-state index is 13.9. The van der Waals surface area contributed by atoms with Crippen molar-refractivity contribution < 1.29 is 19.1 Å². The van der Waals surface area contributed by atoms with Gasteiger partial charge in [-0.3, -0.25) is 19.4 Å². The fourth-order valence-electron chi connectivity index (χ4n) is 5.68. The fourth-order valence-corrected chi connectivity index (χ4v) is 5.68. The molecule has 2 heterocycles. The molecule has 11 nitrogen and oxygen atoms in total. The van der Waals surface area contributed by atoms with Crippen LogP contribution in [0.5, 0.6) is 11.5 Å². The molecule has 46 heavy (non-hydrogen) atoms. The molecule has 238 valence electrons. The number of rotatable bonds is 13. The molecule has 5 rings (SSSR count). The van der Waals surface area contributed by atoms with Crippen LogP contribution < -0.4 is 20.7 Å². The third-order valence-electron chi connectivity index (χ3n) is 8.44. The molecule has 0 bridgehead atoms. The topological polar surface area (TPSA) is 147 Å². The Labute approximate surface area is 268 Å². The number of nitriles is 1. The highest BCUT2D eigenvalue weighted by atomic mass is 16.5. The fraction of sp³-hybridized carbons (Fsp3) is 0.343. The van der Waals surface area contributed by atoms with Crippen molar-refractivity contribution in [3.8, 4) is 17.6 Å². The van der Waals surface area contributed by atoms with E-state index >= 15 is 0 Å². The zero-order valence-electron chi connectivity index (χ0n) is 26.3. The second-order valence-corrected chi connectivity index (χ2v) is 11.5. The first-order chi connectivity index (χ1) is 22.2. The molecule has 0 unspecified atom stereocenters. The number of anilines is 1. The van der Waals surface area contributed by atoms with Crippen molar-refractivity contribution in [2.75, 3.05) is 18.0 Å². The van der Waals surface area contributed by atoms with E-state index < -0.39 is 18.1 Å². The number of aromatic nitrogens is 2. The summed E-state index contributed by atoms with van der Waals surface area (Å²) in [6.07, 6.45) is 2.75. The van der Waals surface area contributed by atoms with Crippen LogP contribution in [-0.4, -0.2) is 51.4 Å². The molecule has 0 saturated carbocycles. The summed E-state index contributed by atoms with van der Waals surface area (Å²) in [4.78, 5) is 48.1. The van der Waals surface area contributed by atoms with Crippen molar-refractivity contribution in [1.82, 2.24) is 19.8 Å². The monoisotopic (exact) mass is 621 g/mol. The zero-order valence-corrected chi connectivity index (χ0v) is 26.3. The van der Waals surface area contributed by atoms with E-state index in [0.29, 0.717) is 59.0 Å². The number of nitrogens with two attached hydrogens (primary N) is 1. The van der Waals surface area contributed by atoms with Crippen molar-refractivity contribution >= 4 is 34.6 Å². The molecule has 4 aromatic rings. The minimum Gasteiger partial charge on any atom is -0.457 e. The van der Waals surface area contributed by atoms with Gasteiger partial charge in [-0.15, -0.1) is 0 Å². The van der Waals surface area contributed by atoms with Gasteiger partial charge >= 0.3 is 6.03 Å². The number of unbranched alkanes of at least 4 members (excludes halogenated alkanes) is 1. The zero-order chi connectivity index (χ0) is 32.8. The summed E-state index contributed by atoms with van der Waals surface area (Å²) in [7, 11) is 1.82. The van der Waals surface area contributed by atoms with Gasteiger partial charge in [0.05, 0.1) is 17.1 Å². The van der Waals surface area contributed by atoms with Crippen molar-refractivity contribution in [2.24, 2.45) is 18.7 Å². The average molecular weight is 622 g/mol. The maximum absolute atomic E-state index is 13.9. The van der Waals surface area contributed by atoms with Crippen LogP contribution in [0.15, 0.2) is 72.8 Å². The summed E-state index contributed by atoms with van der Waals surface area (Å²) in [5.74, 6) is 1.09. The first kappa shape index (κ1) is 32.2. The van der Waals surface area contributed by atoms with Gasteiger partial charge in [-0.25, -0.2) is 9.78 Å². The molecule has 0 radical (unpaired) electrons. The van der Waals surface area contributed by atoms with Gasteiger partial charge in [0.1, 0.15) is 36.0 Å². The number of hydrogen-bond donors (Lipinski definition) is 2. The van der Waals surface area contributed by atoms with E-state index in [-0.39, 0.29) is 24.3 Å². The lowest BCUT2D eigenvalue weighted by Crippen LogP contribution is -2.40. The number of hydrogen-bond acceptors (Lipinski definition) is 7. The molecular formula is C35H39N7O4. The second-order valence-electron chi connectivity index (χ2n) is 11.5. The van der Waals surface area contributed by atoms with Crippen LogP contribution >= 0.6 is 0 Å². The minimum atomic E-state index is -0.629. The van der Waals surface area contributed by atoms with E-state index in [0.717, 1.165) is 12.8 Å². The first-order valence-corrected chi connectivity index (χ1v) is 15.6. The van der Waals surface area contributed by atoms with Crippen LogP contribution in [-0.2, 0) is 11.8 Å². The molecule has 3 aromatic carbocycles. The lowest BCUT2D eigenvalue weighted by atomic mass is 9.97. The third kappa shape index (κ3) is 6.72. The van der Waals surface area contributed by atoms with Crippen LogP contribution in [0.4, 0.5) is 10.5 Å². The van der Waals surface area contributed by atoms with Crippen molar-refractivity contribution in [3.05, 3.63) is 84.2 Å². The van der Waals surface area contributed by atoms with Crippen LogP contribution in [0.2, 0.25) is 0 Å². The van der Waals surface area contributed by atoms with Gasteiger partial charge in [0.15, 0.2) is 0 Å². The number of fused-ring (bicyclic) bond motifs is 1. The van der Waals surface area contributed by atoms with Gasteiger partial charge in [0.2, 0.25) is 0 Å². The first-order valence-electron chi connectivity index (χ1n) is 15.6. The predicted molar refractivity (Wildman–Crippen MR) is 175 cm³/mol. The number of nitrogens with one attached hydrogen (secondary N) is 1. The van der Waals surface area contributed by atoms with Gasteiger partial charge < -0.3 is 20.4 Å². The summed E-state index contributed by atoms with van der Waals surface area (Å²) < 4.78 is 7.72. The van der Waals surface area contributed by atoms with Gasteiger partial charge in [-0.05, 0) is 86.3 Å². The summed E-state index contributed by atoms with van der Waals surface area (Å²) in [5, 5.41) is 12.3. The Bertz CT molecular complexity index is 1750. The van der Waals surface area contributed by atoms with Gasteiger partial charge in [0.25, 0.3) is 11.8 Å². The van der Waals surface area contributed by atoms with E-state index in [4.69, 9.17) is 15.5 Å². The largest absolute Gasteiger partial charge is 0.457 e. The number of carbonyl (C=O) groups is 3. The Kier molecular flexibility index (Phi) is 9.98. The highest BCUT2D eigenvalue weighted by Crippen LogP contribution is 2.37. The van der Waals surface area contributed by atoms with Crippen LogP contribution in [0, 0.1) is 17.2 Å². The van der Waals surface area contributed by atoms with Crippen LogP contribution in [0.25, 0.3) is 11.0 Å². The SMILES string of the molecule is CC[C@@H](C)[C@H](c1nc2ccc(C(=O)N[C@H](C#N)CCCCN)cc2n1C)N1C(=O)CN(c2ccc(Oc3ccccc3)cc2)C1=O. The van der Waals surface area contributed by atoms with Crippen LogP contribution in [0.3, 0.4) is 0 Å². The smallest absolute Gasteiger partial charge is 0.332 e. The normalized spacial score (nSPS) is 15.1. The summed E-state index contributed by atoms with van der Waals surface area (Å²) >= 11 is 0. The van der Waals surface area contributed by atoms with E-state index in [1.165, 1.54) is 9.80 Å². The molecule has 1 fully saturated rings. The van der Waals surface area contributed by atoms with Crippen LogP contribution in [0.1, 0.15) is 61.8 Å². The standard InChI is InChI=1S/C35H39N7O4/c1-4-23(2)32(33-39-29-18-13-24(20-30(29)40(33)3)34(44)38-25(21-37)10-8-9-19-36)42-31(43)22-41(35(42)45)26-14-16-28(17-15-26)46-27-11-6-5-7-12-27/h5-7,11-18,20,23,25,32H,4,8-10,19,22,36H2,1-3H3,(H,38,44)/t23-,25+,32-/m1/s1. The number of benzene rings is 3. The van der Waals surface area contributed by atoms with Crippen molar-refractivity contribution in [1.29, 1.82) is 5.26 Å². The molecule has 1 saturated heterocycles. The second kappa shape index (κ2) is 14.3. The third-order valence-corrected chi connectivity index (χ3v) is 8.44. The number of aryl methyl sites for hydroxylation is 1. The molecule has 0 aliphatic carbocycles. The summed E-state index contributed by atoms with van der Waals surface area (Å²) in [6, 6.07) is 22.1. The molecular weight excluding hydrogens is 582 g/mol. The molecule has 11 heteroatoms. The maximum Gasteiger partial charge on any atom is 0.332 e. The quantitative estimate of drug-likeness (QED) is 0.144. The predicted octanol–water partition coefficient (Wildman–Crippen LogP) is 5.67. The number of amides is 4. The summed E-state index contributed by atoms with van der Waals surface area (Å²) in [6.45, 7) is 4.45. The number of nitrogens with zero attached hydrogens (tertiary/aromatic N) is 5. The Morgan fingerprint density at radius 2 is 1.78 bits per heavy atom. The number of carbonyl (C=O) groups excluding carboxylic acids is 3. The molecule has 3 atom stereocenters. The number of imide groups is 1. The number of ether oxygens (including phenoxy) is 1. The van der Waals surface area contributed by atoms with Crippen molar-refractivity contribution in [3.63, 3.8) is 0 Å². The highest BCUT2D eigenvalue weighted by molar-refractivity contribution is 6.12. The van der Waals surface area contributed by atoms with E-state index in [2.05, 4.69) is 11.4 Å². The number of para-hydroxylation sites is 1. The highest BCUT2D eigenvalue weighted by Gasteiger charge is 2.45. The molecule has 1 aromatic heterocycles. The average Bonchev–Trinajstić information content (AvgIpc) is 3.55. The Hall–Kier alpha value is -5.21. The molecule has 3 N–H and O–H groups in total. The van der Waals surface area contributed by atoms with E-state index in [1.54, 1.807) is 42.5 Å². The molecule has 1 aliphatic heterocycles. The van der Waals surface area contributed by atoms with Crippen molar-refractivity contribution in [2.45, 2.75) is 51.6 Å². The Morgan fingerprint density at radius 1 is 1.07 bits per heavy atom. The number of urea groups is 1. The minimum absolute atomic E-state index is 0.0930. The van der Waals surface area contributed by atoms with E-state index in [9.17, 15) is 19.6 Å². The Balaban J connectivity index is 1.39. The lowest BCUT2D eigenvalue weighted by Gasteiger charge is -2.30.